The van der Waals surface area contributed by atoms with E-state index in [9.17, 15) is 9.90 Å². The molecule has 2 rings (SSSR count). The van der Waals surface area contributed by atoms with Gasteiger partial charge in [-0.05, 0) is 36.5 Å². The Morgan fingerprint density at radius 2 is 2.20 bits per heavy atom. The van der Waals surface area contributed by atoms with Crippen LogP contribution in [0.4, 0.5) is 0 Å². The maximum atomic E-state index is 12.6. The van der Waals surface area contributed by atoms with Gasteiger partial charge in [-0.3, -0.25) is 4.79 Å². The SMILES string of the molecule is CCC(C)C(N)C(=O)N(Cc1cccc(O)c1)C1CC1. The first-order valence-corrected chi connectivity index (χ1v) is 7.37. The van der Waals surface area contributed by atoms with Crippen molar-refractivity contribution in [2.75, 3.05) is 0 Å². The smallest absolute Gasteiger partial charge is 0.240 e. The number of nitrogens with two attached hydrogens (primary N) is 1. The number of hydrogen-bond acceptors (Lipinski definition) is 3. The van der Waals surface area contributed by atoms with Crippen molar-refractivity contribution >= 4 is 5.91 Å². The lowest BCUT2D eigenvalue weighted by Crippen LogP contribution is -2.47. The Hall–Kier alpha value is -1.55. The Kier molecular flexibility index (Phi) is 4.65. The van der Waals surface area contributed by atoms with Gasteiger partial charge in [0.1, 0.15) is 5.75 Å². The van der Waals surface area contributed by atoms with E-state index in [-0.39, 0.29) is 17.6 Å². The van der Waals surface area contributed by atoms with E-state index >= 15 is 0 Å². The standard InChI is InChI=1S/C16H24N2O2/c1-3-11(2)15(17)16(20)18(13-7-8-13)10-12-5-4-6-14(19)9-12/h4-6,9,11,13,15,19H,3,7-8,10,17H2,1-2H3. The van der Waals surface area contributed by atoms with Gasteiger partial charge in [-0.2, -0.15) is 0 Å². The average molecular weight is 276 g/mol. The van der Waals surface area contributed by atoms with Crippen molar-refractivity contribution in [2.24, 2.45) is 11.7 Å². The molecule has 0 spiro atoms. The molecule has 0 bridgehead atoms. The fourth-order valence-corrected chi connectivity index (χ4v) is 2.31. The first-order chi connectivity index (χ1) is 9.52. The second kappa shape index (κ2) is 6.27. The highest BCUT2D eigenvalue weighted by Gasteiger charge is 2.35. The number of hydrogen-bond donors (Lipinski definition) is 2. The van der Waals surface area contributed by atoms with Gasteiger partial charge in [0.05, 0.1) is 6.04 Å². The topological polar surface area (TPSA) is 66.6 Å². The molecule has 1 aromatic carbocycles. The van der Waals surface area contributed by atoms with Crippen LogP contribution in [-0.2, 0) is 11.3 Å². The molecule has 0 aromatic heterocycles. The minimum absolute atomic E-state index is 0.0326. The van der Waals surface area contributed by atoms with Gasteiger partial charge in [0.15, 0.2) is 0 Å². The van der Waals surface area contributed by atoms with Gasteiger partial charge in [-0.15, -0.1) is 0 Å². The molecule has 1 aliphatic carbocycles. The zero-order valence-corrected chi connectivity index (χ0v) is 12.2. The van der Waals surface area contributed by atoms with E-state index < -0.39 is 6.04 Å². The summed E-state index contributed by atoms with van der Waals surface area (Å²) in [6.45, 7) is 4.60. The maximum absolute atomic E-state index is 12.6. The summed E-state index contributed by atoms with van der Waals surface area (Å²) >= 11 is 0. The second-order valence-electron chi connectivity index (χ2n) is 5.78. The first-order valence-electron chi connectivity index (χ1n) is 7.37. The van der Waals surface area contributed by atoms with Crippen molar-refractivity contribution in [3.8, 4) is 5.75 Å². The van der Waals surface area contributed by atoms with Crippen molar-refractivity contribution in [1.82, 2.24) is 4.90 Å². The zero-order valence-electron chi connectivity index (χ0n) is 12.2. The molecule has 110 valence electrons. The van der Waals surface area contributed by atoms with Crippen LogP contribution in [0.2, 0.25) is 0 Å². The molecule has 1 amide bonds. The van der Waals surface area contributed by atoms with Crippen LogP contribution in [0.15, 0.2) is 24.3 Å². The molecule has 1 aromatic rings. The van der Waals surface area contributed by atoms with Gasteiger partial charge in [-0.1, -0.05) is 32.4 Å². The van der Waals surface area contributed by atoms with Gasteiger partial charge in [0, 0.05) is 12.6 Å². The highest BCUT2D eigenvalue weighted by atomic mass is 16.3. The van der Waals surface area contributed by atoms with Crippen molar-refractivity contribution in [2.45, 2.75) is 51.7 Å². The van der Waals surface area contributed by atoms with Gasteiger partial charge < -0.3 is 15.7 Å². The van der Waals surface area contributed by atoms with Crippen LogP contribution in [0.25, 0.3) is 0 Å². The summed E-state index contributed by atoms with van der Waals surface area (Å²) in [6.07, 6.45) is 3.01. The van der Waals surface area contributed by atoms with E-state index in [2.05, 4.69) is 6.92 Å². The van der Waals surface area contributed by atoms with E-state index in [0.717, 1.165) is 24.8 Å². The Morgan fingerprint density at radius 3 is 2.75 bits per heavy atom. The first kappa shape index (κ1) is 14.9. The quantitative estimate of drug-likeness (QED) is 0.837. The number of aromatic hydroxyl groups is 1. The van der Waals surface area contributed by atoms with Crippen molar-refractivity contribution < 1.29 is 9.90 Å². The highest BCUT2D eigenvalue weighted by molar-refractivity contribution is 5.82. The normalized spacial score (nSPS) is 17.6. The molecule has 0 saturated heterocycles. The summed E-state index contributed by atoms with van der Waals surface area (Å²) in [4.78, 5) is 14.4. The van der Waals surface area contributed by atoms with Crippen molar-refractivity contribution in [3.05, 3.63) is 29.8 Å². The molecule has 1 aliphatic rings. The second-order valence-corrected chi connectivity index (χ2v) is 5.78. The van der Waals surface area contributed by atoms with Gasteiger partial charge in [0.25, 0.3) is 0 Å². The molecular weight excluding hydrogens is 252 g/mol. The van der Waals surface area contributed by atoms with E-state index in [1.165, 1.54) is 0 Å². The van der Waals surface area contributed by atoms with Crippen LogP contribution >= 0.6 is 0 Å². The van der Waals surface area contributed by atoms with Crippen LogP contribution in [-0.4, -0.2) is 28.0 Å². The Labute approximate surface area is 120 Å². The largest absolute Gasteiger partial charge is 0.508 e. The van der Waals surface area contributed by atoms with Crippen LogP contribution in [0.3, 0.4) is 0 Å². The van der Waals surface area contributed by atoms with Crippen molar-refractivity contribution in [1.29, 1.82) is 0 Å². The summed E-state index contributed by atoms with van der Waals surface area (Å²) in [5.74, 6) is 0.454. The number of carbonyl (C=O) groups excluding carboxylic acids is 1. The number of benzene rings is 1. The predicted octanol–water partition coefficient (Wildman–Crippen LogP) is 2.26. The highest BCUT2D eigenvalue weighted by Crippen LogP contribution is 2.30. The number of rotatable bonds is 6. The van der Waals surface area contributed by atoms with E-state index in [1.54, 1.807) is 18.2 Å². The molecule has 4 heteroatoms. The molecule has 1 fully saturated rings. The molecule has 3 N–H and O–H groups in total. The predicted molar refractivity (Wildman–Crippen MR) is 79.1 cm³/mol. The summed E-state index contributed by atoms with van der Waals surface area (Å²) in [5.41, 5.74) is 7.03. The number of carbonyl (C=O) groups is 1. The fraction of sp³-hybridized carbons (Fsp3) is 0.562. The Bertz CT molecular complexity index is 471. The number of phenolic OH excluding ortho intramolecular Hbond substituents is 1. The van der Waals surface area contributed by atoms with E-state index in [0.29, 0.717) is 12.6 Å². The summed E-state index contributed by atoms with van der Waals surface area (Å²) in [6, 6.07) is 6.96. The van der Waals surface area contributed by atoms with E-state index in [4.69, 9.17) is 5.73 Å². The Balaban J connectivity index is 2.09. The molecular formula is C16H24N2O2. The van der Waals surface area contributed by atoms with Gasteiger partial charge in [-0.25, -0.2) is 0 Å². The third-order valence-corrected chi connectivity index (χ3v) is 4.08. The molecule has 2 atom stereocenters. The minimum Gasteiger partial charge on any atom is -0.508 e. The molecule has 2 unspecified atom stereocenters. The molecule has 0 radical (unpaired) electrons. The Morgan fingerprint density at radius 1 is 1.50 bits per heavy atom. The lowest BCUT2D eigenvalue weighted by atomic mass is 9.98. The maximum Gasteiger partial charge on any atom is 0.240 e. The zero-order chi connectivity index (χ0) is 14.7. The van der Waals surface area contributed by atoms with Crippen LogP contribution in [0, 0.1) is 5.92 Å². The number of nitrogens with zero attached hydrogens (tertiary/aromatic N) is 1. The van der Waals surface area contributed by atoms with Gasteiger partial charge >= 0.3 is 0 Å². The molecule has 0 heterocycles. The summed E-state index contributed by atoms with van der Waals surface area (Å²) in [7, 11) is 0. The molecule has 1 saturated carbocycles. The third kappa shape index (κ3) is 3.51. The number of amides is 1. The fourth-order valence-electron chi connectivity index (χ4n) is 2.31. The van der Waals surface area contributed by atoms with Gasteiger partial charge in [0.2, 0.25) is 5.91 Å². The molecule has 4 nitrogen and oxygen atoms in total. The third-order valence-electron chi connectivity index (χ3n) is 4.08. The summed E-state index contributed by atoms with van der Waals surface area (Å²) in [5, 5.41) is 9.53. The minimum atomic E-state index is -0.432. The molecule has 0 aliphatic heterocycles. The van der Waals surface area contributed by atoms with Crippen LogP contribution in [0.1, 0.15) is 38.7 Å². The lowest BCUT2D eigenvalue weighted by Gasteiger charge is -2.28. The number of phenols is 1. The van der Waals surface area contributed by atoms with Crippen molar-refractivity contribution in [3.63, 3.8) is 0 Å². The molecule has 20 heavy (non-hydrogen) atoms. The monoisotopic (exact) mass is 276 g/mol. The average Bonchev–Trinajstić information content (AvgIpc) is 3.27. The van der Waals surface area contributed by atoms with Crippen LogP contribution in [0.5, 0.6) is 5.75 Å². The van der Waals surface area contributed by atoms with Crippen LogP contribution < -0.4 is 5.73 Å². The lowest BCUT2D eigenvalue weighted by molar-refractivity contribution is -0.135. The summed E-state index contributed by atoms with van der Waals surface area (Å²) < 4.78 is 0. The van der Waals surface area contributed by atoms with E-state index in [1.807, 2.05) is 17.9 Å².